The topological polar surface area (TPSA) is 107 Å². The van der Waals surface area contributed by atoms with Gasteiger partial charge in [-0.15, -0.1) is 0 Å². The number of aromatic amines is 1. The van der Waals surface area contributed by atoms with Crippen LogP contribution in [0.4, 0.5) is 5.69 Å². The Morgan fingerprint density at radius 2 is 1.97 bits per heavy atom. The largest absolute Gasteiger partial charge is 0.480 e. The van der Waals surface area contributed by atoms with Crippen LogP contribution in [0.25, 0.3) is 33.3 Å². The Labute approximate surface area is 197 Å². The molecule has 0 unspecified atom stereocenters. The number of H-pyrrole nitrogens is 1. The van der Waals surface area contributed by atoms with Crippen molar-refractivity contribution in [1.82, 2.24) is 19.9 Å². The second-order valence-corrected chi connectivity index (χ2v) is 7.95. The fraction of sp³-hybridized carbons (Fsp3) is 0.154. The van der Waals surface area contributed by atoms with E-state index in [0.29, 0.717) is 23.7 Å². The summed E-state index contributed by atoms with van der Waals surface area (Å²) < 4.78 is 5.33. The predicted molar refractivity (Wildman–Crippen MR) is 132 cm³/mol. The Bertz CT molecular complexity index is 1410. The van der Waals surface area contributed by atoms with E-state index in [1.54, 1.807) is 24.5 Å². The Hall–Kier alpha value is -4.48. The van der Waals surface area contributed by atoms with E-state index in [4.69, 9.17) is 4.74 Å². The second-order valence-electron chi connectivity index (χ2n) is 7.95. The fourth-order valence-electron chi connectivity index (χ4n) is 3.56. The quantitative estimate of drug-likeness (QED) is 0.407. The molecule has 0 atom stereocenters. The molecule has 170 valence electrons. The maximum Gasteiger partial charge on any atom is 0.248 e. The second kappa shape index (κ2) is 9.98. The molecule has 8 heteroatoms. The number of hydrogen-bond donors (Lipinski definition) is 2. The molecule has 3 heterocycles. The molecule has 0 fully saturated rings. The van der Waals surface area contributed by atoms with Crippen molar-refractivity contribution in [3.8, 4) is 34.2 Å². The molecule has 0 bridgehead atoms. The monoisotopic (exact) mass is 452 g/mol. The van der Waals surface area contributed by atoms with Crippen molar-refractivity contribution in [1.29, 1.82) is 5.26 Å². The molecule has 2 N–H and O–H groups in total. The first-order chi connectivity index (χ1) is 16.5. The minimum atomic E-state index is -0.266. The van der Waals surface area contributed by atoms with Crippen LogP contribution < -0.4 is 10.1 Å². The number of amides is 1. The summed E-state index contributed by atoms with van der Waals surface area (Å²) in [7, 11) is 5.37. The van der Waals surface area contributed by atoms with Gasteiger partial charge in [-0.2, -0.15) is 5.26 Å². The number of ether oxygens (including phenoxy) is 1. The molecule has 0 aliphatic carbocycles. The molecule has 0 saturated heterocycles. The van der Waals surface area contributed by atoms with E-state index in [-0.39, 0.29) is 5.91 Å². The summed E-state index contributed by atoms with van der Waals surface area (Å²) in [5.74, 6) is 0.0563. The van der Waals surface area contributed by atoms with Crippen LogP contribution in [0.2, 0.25) is 0 Å². The van der Waals surface area contributed by atoms with Gasteiger partial charge in [0, 0.05) is 53.3 Å². The third kappa shape index (κ3) is 4.95. The first-order valence-corrected chi connectivity index (χ1v) is 10.6. The molecule has 8 nitrogen and oxygen atoms in total. The normalized spacial score (nSPS) is 11.1. The summed E-state index contributed by atoms with van der Waals surface area (Å²) >= 11 is 0. The van der Waals surface area contributed by atoms with Crippen molar-refractivity contribution >= 4 is 22.6 Å². The lowest BCUT2D eigenvalue weighted by molar-refractivity contribution is -0.111. The van der Waals surface area contributed by atoms with Gasteiger partial charge in [-0.25, -0.2) is 9.97 Å². The zero-order valence-electron chi connectivity index (χ0n) is 19.2. The van der Waals surface area contributed by atoms with Crippen molar-refractivity contribution < 1.29 is 9.53 Å². The van der Waals surface area contributed by atoms with E-state index in [0.717, 1.165) is 33.3 Å². The molecule has 3 aromatic heterocycles. The molecule has 0 aliphatic heterocycles. The van der Waals surface area contributed by atoms with Crippen molar-refractivity contribution in [2.75, 3.05) is 33.1 Å². The van der Waals surface area contributed by atoms with Crippen LogP contribution in [0, 0.1) is 11.3 Å². The van der Waals surface area contributed by atoms with E-state index in [1.807, 2.05) is 55.5 Å². The molecule has 1 aromatic carbocycles. The maximum absolute atomic E-state index is 12.4. The third-order valence-corrected chi connectivity index (χ3v) is 5.21. The highest BCUT2D eigenvalue weighted by Crippen LogP contribution is 2.33. The number of likely N-dealkylation sites (N-methyl/N-ethyl adjacent to an activating group) is 1. The number of pyridine rings is 2. The Balaban J connectivity index is 1.69. The number of aromatic nitrogens is 3. The van der Waals surface area contributed by atoms with E-state index >= 15 is 0 Å². The number of benzene rings is 1. The standard InChI is InChI=1S/C26H24N6O2/c1-32(2)9-5-8-24(33)31-23-12-20(15-30-26(23)34-3)19-11-21-22(16-29-25(21)28-14-19)18-7-4-6-17(10-18)13-27/h4-8,10-12,14-16H,9H2,1-3H3,(H,28,29)(H,31,33)/b8-5+. The number of carbonyl (C=O) groups excluding carboxylic acids is 1. The number of nitriles is 1. The average Bonchev–Trinajstić information content (AvgIpc) is 3.27. The van der Waals surface area contributed by atoms with Gasteiger partial charge in [0.15, 0.2) is 0 Å². The van der Waals surface area contributed by atoms with Crippen molar-refractivity contribution in [3.63, 3.8) is 0 Å². The van der Waals surface area contributed by atoms with Gasteiger partial charge >= 0.3 is 0 Å². The van der Waals surface area contributed by atoms with Crippen LogP contribution in [0.3, 0.4) is 0 Å². The van der Waals surface area contributed by atoms with E-state index < -0.39 is 0 Å². The summed E-state index contributed by atoms with van der Waals surface area (Å²) in [5, 5.41) is 13.0. The Morgan fingerprint density at radius 3 is 2.74 bits per heavy atom. The zero-order chi connectivity index (χ0) is 24.1. The summed E-state index contributed by atoms with van der Waals surface area (Å²) in [4.78, 5) is 26.4. The van der Waals surface area contributed by atoms with Gasteiger partial charge in [0.25, 0.3) is 0 Å². The van der Waals surface area contributed by atoms with Gasteiger partial charge in [-0.1, -0.05) is 18.2 Å². The van der Waals surface area contributed by atoms with Gasteiger partial charge < -0.3 is 19.9 Å². The van der Waals surface area contributed by atoms with Gasteiger partial charge in [-0.3, -0.25) is 4.79 Å². The van der Waals surface area contributed by atoms with Crippen LogP contribution in [0.15, 0.2) is 67.1 Å². The number of fused-ring (bicyclic) bond motifs is 1. The van der Waals surface area contributed by atoms with Crippen LogP contribution in [0.1, 0.15) is 5.56 Å². The van der Waals surface area contributed by atoms with Crippen molar-refractivity contribution in [2.24, 2.45) is 0 Å². The maximum atomic E-state index is 12.4. The molecule has 4 rings (SSSR count). The highest BCUT2D eigenvalue weighted by atomic mass is 16.5. The molecule has 0 aliphatic rings. The smallest absolute Gasteiger partial charge is 0.248 e. The van der Waals surface area contributed by atoms with Crippen LogP contribution in [0.5, 0.6) is 5.88 Å². The molecule has 1 amide bonds. The SMILES string of the molecule is COc1ncc(-c2cnc3[nH]cc(-c4cccc(C#N)c4)c3c2)cc1NC(=O)/C=C/CN(C)C. The molecule has 0 spiro atoms. The van der Waals surface area contributed by atoms with Crippen LogP contribution in [-0.2, 0) is 4.79 Å². The molecular formula is C26H24N6O2. The third-order valence-electron chi connectivity index (χ3n) is 5.21. The van der Waals surface area contributed by atoms with E-state index in [1.165, 1.54) is 13.2 Å². The molecular weight excluding hydrogens is 428 g/mol. The number of hydrogen-bond acceptors (Lipinski definition) is 6. The minimum Gasteiger partial charge on any atom is -0.480 e. The van der Waals surface area contributed by atoms with Gasteiger partial charge in [0.1, 0.15) is 11.3 Å². The number of carbonyl (C=O) groups is 1. The average molecular weight is 453 g/mol. The highest BCUT2D eigenvalue weighted by Gasteiger charge is 2.13. The van der Waals surface area contributed by atoms with Crippen LogP contribution >= 0.6 is 0 Å². The van der Waals surface area contributed by atoms with Gasteiger partial charge in [-0.05, 0) is 43.9 Å². The highest BCUT2D eigenvalue weighted by molar-refractivity contribution is 6.01. The summed E-state index contributed by atoms with van der Waals surface area (Å²) in [5.41, 5.74) is 5.28. The van der Waals surface area contributed by atoms with Crippen molar-refractivity contribution in [2.45, 2.75) is 0 Å². The van der Waals surface area contributed by atoms with E-state index in [2.05, 4.69) is 26.3 Å². The lowest BCUT2D eigenvalue weighted by Crippen LogP contribution is -2.13. The molecule has 34 heavy (non-hydrogen) atoms. The Kier molecular flexibility index (Phi) is 6.67. The Morgan fingerprint density at radius 1 is 1.18 bits per heavy atom. The number of methoxy groups -OCH3 is 1. The van der Waals surface area contributed by atoms with E-state index in [9.17, 15) is 10.1 Å². The number of rotatable bonds is 7. The fourth-order valence-corrected chi connectivity index (χ4v) is 3.56. The minimum absolute atomic E-state index is 0.266. The van der Waals surface area contributed by atoms with Crippen molar-refractivity contribution in [3.05, 3.63) is 72.7 Å². The molecule has 0 saturated carbocycles. The summed E-state index contributed by atoms with van der Waals surface area (Å²) in [6.07, 6.45) is 8.59. The molecule has 0 radical (unpaired) electrons. The van der Waals surface area contributed by atoms with Gasteiger partial charge in [0.05, 0.1) is 18.7 Å². The van der Waals surface area contributed by atoms with Gasteiger partial charge in [0.2, 0.25) is 11.8 Å². The predicted octanol–water partition coefficient (Wildman–Crippen LogP) is 4.23. The number of nitrogens with one attached hydrogen (secondary N) is 2. The first-order valence-electron chi connectivity index (χ1n) is 10.6. The number of anilines is 1. The number of nitrogens with zero attached hydrogens (tertiary/aromatic N) is 4. The lowest BCUT2D eigenvalue weighted by atomic mass is 10.0. The first kappa shape index (κ1) is 22.7. The van der Waals surface area contributed by atoms with Crippen LogP contribution in [-0.4, -0.2) is 53.5 Å². The lowest BCUT2D eigenvalue weighted by Gasteiger charge is -2.11. The molecule has 4 aromatic rings. The summed E-state index contributed by atoms with van der Waals surface area (Å²) in [6.45, 7) is 0.658. The zero-order valence-corrected chi connectivity index (χ0v) is 19.2. The summed E-state index contributed by atoms with van der Waals surface area (Å²) in [6, 6.07) is 13.4.